The molecule has 0 aliphatic heterocycles. The van der Waals surface area contributed by atoms with Crippen molar-refractivity contribution < 1.29 is 13.5 Å². The topological polar surface area (TPSA) is 34.2 Å². The zero-order valence-corrected chi connectivity index (χ0v) is 9.78. The minimum Gasteiger partial charge on any atom is -0.452 e. The summed E-state index contributed by atoms with van der Waals surface area (Å²) >= 11 is 0. The summed E-state index contributed by atoms with van der Waals surface area (Å²) in [4.78, 5) is 3.91. The van der Waals surface area contributed by atoms with Crippen LogP contribution in [0.15, 0.2) is 36.7 Å². The summed E-state index contributed by atoms with van der Waals surface area (Å²) in [5, 5.41) is 2.96. The minimum absolute atomic E-state index is 0.152. The van der Waals surface area contributed by atoms with Crippen LogP contribution in [0.25, 0.3) is 0 Å². The number of pyridine rings is 1. The van der Waals surface area contributed by atoms with E-state index in [0.717, 1.165) is 23.8 Å². The Kier molecular flexibility index (Phi) is 3.84. The molecule has 0 fully saturated rings. The second-order valence-corrected chi connectivity index (χ2v) is 3.69. The molecule has 2 rings (SSSR count). The summed E-state index contributed by atoms with van der Waals surface area (Å²) in [6.45, 7) is 0.550. The van der Waals surface area contributed by atoms with Crippen molar-refractivity contribution in [3.05, 3.63) is 53.9 Å². The molecule has 2 aromatic rings. The van der Waals surface area contributed by atoms with Gasteiger partial charge in [0, 0.05) is 24.4 Å². The third-order valence-electron chi connectivity index (χ3n) is 2.35. The molecule has 18 heavy (non-hydrogen) atoms. The summed E-state index contributed by atoms with van der Waals surface area (Å²) in [5.74, 6) is -0.919. The fourth-order valence-electron chi connectivity index (χ4n) is 1.51. The molecule has 0 unspecified atom stereocenters. The summed E-state index contributed by atoms with van der Waals surface area (Å²) in [6.07, 6.45) is 3.08. The van der Waals surface area contributed by atoms with E-state index in [4.69, 9.17) is 4.74 Å². The molecule has 0 saturated carbocycles. The third kappa shape index (κ3) is 2.81. The predicted molar refractivity (Wildman–Crippen MR) is 63.4 cm³/mol. The molecule has 94 valence electrons. The van der Waals surface area contributed by atoms with Gasteiger partial charge in [-0.3, -0.25) is 4.98 Å². The number of nitrogens with zero attached hydrogens (tertiary/aromatic N) is 1. The second-order valence-electron chi connectivity index (χ2n) is 3.69. The van der Waals surface area contributed by atoms with Crippen LogP contribution in [0, 0.1) is 11.6 Å². The molecule has 1 heterocycles. The number of rotatable bonds is 4. The molecule has 1 aromatic heterocycles. The summed E-state index contributed by atoms with van der Waals surface area (Å²) < 4.78 is 31.8. The van der Waals surface area contributed by atoms with Crippen LogP contribution in [0.3, 0.4) is 0 Å². The largest absolute Gasteiger partial charge is 0.452 e. The normalized spacial score (nSPS) is 10.4. The van der Waals surface area contributed by atoms with E-state index in [1.165, 1.54) is 6.20 Å². The van der Waals surface area contributed by atoms with Gasteiger partial charge in [-0.1, -0.05) is 0 Å². The molecular formula is C13H12F2N2O. The lowest BCUT2D eigenvalue weighted by molar-refractivity contribution is 0.429. The Morgan fingerprint density at radius 1 is 1.22 bits per heavy atom. The number of aromatic nitrogens is 1. The van der Waals surface area contributed by atoms with E-state index in [1.807, 2.05) is 0 Å². The van der Waals surface area contributed by atoms with Crippen molar-refractivity contribution >= 4 is 0 Å². The standard InChI is InChI=1S/C13H12F2N2O/c1-16-7-9-4-5-17-8-13(9)18-12-6-10(14)2-3-11(12)15/h2-6,8,16H,7H2,1H3. The maximum absolute atomic E-state index is 13.4. The van der Waals surface area contributed by atoms with Crippen LogP contribution in [0.5, 0.6) is 11.5 Å². The summed E-state index contributed by atoms with van der Waals surface area (Å²) in [7, 11) is 1.78. The van der Waals surface area contributed by atoms with Crippen molar-refractivity contribution in [3.63, 3.8) is 0 Å². The van der Waals surface area contributed by atoms with Gasteiger partial charge < -0.3 is 10.1 Å². The van der Waals surface area contributed by atoms with Crippen LogP contribution in [0.2, 0.25) is 0 Å². The Hall–Kier alpha value is -2.01. The summed E-state index contributed by atoms with van der Waals surface area (Å²) in [5.41, 5.74) is 0.816. The molecule has 5 heteroatoms. The van der Waals surface area contributed by atoms with Crippen LogP contribution in [-0.4, -0.2) is 12.0 Å². The van der Waals surface area contributed by atoms with E-state index in [1.54, 1.807) is 19.3 Å². The predicted octanol–water partition coefficient (Wildman–Crippen LogP) is 2.87. The molecule has 0 bridgehead atoms. The van der Waals surface area contributed by atoms with E-state index in [0.29, 0.717) is 12.3 Å². The maximum Gasteiger partial charge on any atom is 0.166 e. The van der Waals surface area contributed by atoms with Crippen LogP contribution in [0.1, 0.15) is 5.56 Å². The van der Waals surface area contributed by atoms with Gasteiger partial charge >= 0.3 is 0 Å². The molecule has 1 aromatic carbocycles. The monoisotopic (exact) mass is 250 g/mol. The zero-order valence-electron chi connectivity index (χ0n) is 9.78. The van der Waals surface area contributed by atoms with Crippen LogP contribution >= 0.6 is 0 Å². The molecule has 0 radical (unpaired) electrons. The average Bonchev–Trinajstić information content (AvgIpc) is 2.36. The third-order valence-corrected chi connectivity index (χ3v) is 2.35. The highest BCUT2D eigenvalue weighted by molar-refractivity contribution is 5.36. The van der Waals surface area contributed by atoms with Gasteiger partial charge in [0.1, 0.15) is 11.6 Å². The highest BCUT2D eigenvalue weighted by Crippen LogP contribution is 2.27. The van der Waals surface area contributed by atoms with Crippen molar-refractivity contribution in [1.82, 2.24) is 10.3 Å². The molecule has 0 spiro atoms. The maximum atomic E-state index is 13.4. The fourth-order valence-corrected chi connectivity index (χ4v) is 1.51. The first-order valence-corrected chi connectivity index (χ1v) is 5.41. The van der Waals surface area contributed by atoms with Gasteiger partial charge in [0.25, 0.3) is 0 Å². The Balaban J connectivity index is 2.30. The lowest BCUT2D eigenvalue weighted by Gasteiger charge is -2.10. The number of benzene rings is 1. The highest BCUT2D eigenvalue weighted by atomic mass is 19.1. The average molecular weight is 250 g/mol. The van der Waals surface area contributed by atoms with Crippen molar-refractivity contribution in [1.29, 1.82) is 0 Å². The molecule has 3 nitrogen and oxygen atoms in total. The number of ether oxygens (including phenoxy) is 1. The van der Waals surface area contributed by atoms with Gasteiger partial charge in [0.05, 0.1) is 6.20 Å². The van der Waals surface area contributed by atoms with Gasteiger partial charge in [-0.15, -0.1) is 0 Å². The lowest BCUT2D eigenvalue weighted by Crippen LogP contribution is -2.06. The first-order valence-electron chi connectivity index (χ1n) is 5.41. The van der Waals surface area contributed by atoms with E-state index < -0.39 is 11.6 Å². The van der Waals surface area contributed by atoms with E-state index in [9.17, 15) is 8.78 Å². The van der Waals surface area contributed by atoms with Gasteiger partial charge in [-0.2, -0.15) is 0 Å². The smallest absolute Gasteiger partial charge is 0.166 e. The van der Waals surface area contributed by atoms with Crippen molar-refractivity contribution in [2.24, 2.45) is 0 Å². The molecule has 0 saturated heterocycles. The van der Waals surface area contributed by atoms with E-state index >= 15 is 0 Å². The Labute approximate surface area is 103 Å². The first kappa shape index (κ1) is 12.4. The van der Waals surface area contributed by atoms with Gasteiger partial charge in [-0.05, 0) is 25.2 Å². The molecule has 0 aliphatic rings. The zero-order chi connectivity index (χ0) is 13.0. The van der Waals surface area contributed by atoms with E-state index in [2.05, 4.69) is 10.3 Å². The van der Waals surface area contributed by atoms with Crippen LogP contribution in [-0.2, 0) is 6.54 Å². The molecule has 1 N–H and O–H groups in total. The van der Waals surface area contributed by atoms with Crippen LogP contribution in [0.4, 0.5) is 8.78 Å². The second kappa shape index (κ2) is 5.55. The molecule has 0 atom stereocenters. The highest BCUT2D eigenvalue weighted by Gasteiger charge is 2.09. The quantitative estimate of drug-likeness (QED) is 0.906. The number of nitrogens with one attached hydrogen (secondary N) is 1. The van der Waals surface area contributed by atoms with Gasteiger partial charge in [0.15, 0.2) is 11.6 Å². The molecule has 0 aliphatic carbocycles. The van der Waals surface area contributed by atoms with Crippen molar-refractivity contribution in [3.8, 4) is 11.5 Å². The van der Waals surface area contributed by atoms with E-state index in [-0.39, 0.29) is 5.75 Å². The number of halogens is 2. The number of hydrogen-bond acceptors (Lipinski definition) is 3. The minimum atomic E-state index is -0.615. The van der Waals surface area contributed by atoms with Crippen molar-refractivity contribution in [2.75, 3.05) is 7.05 Å². The SMILES string of the molecule is CNCc1ccncc1Oc1cc(F)ccc1F. The Morgan fingerprint density at radius 2 is 2.06 bits per heavy atom. The van der Waals surface area contributed by atoms with Crippen LogP contribution < -0.4 is 10.1 Å². The number of hydrogen-bond donors (Lipinski definition) is 1. The lowest BCUT2D eigenvalue weighted by atomic mass is 10.2. The first-order chi connectivity index (χ1) is 8.70. The Bertz CT molecular complexity index is 546. The van der Waals surface area contributed by atoms with Gasteiger partial charge in [-0.25, -0.2) is 8.78 Å². The fraction of sp³-hybridized carbons (Fsp3) is 0.154. The van der Waals surface area contributed by atoms with Crippen molar-refractivity contribution in [2.45, 2.75) is 6.54 Å². The van der Waals surface area contributed by atoms with Gasteiger partial charge in [0.2, 0.25) is 0 Å². The molecule has 0 amide bonds. The molecular weight excluding hydrogens is 238 g/mol. The summed E-state index contributed by atoms with van der Waals surface area (Å²) in [6, 6.07) is 4.83. The Morgan fingerprint density at radius 3 is 2.83 bits per heavy atom.